The summed E-state index contributed by atoms with van der Waals surface area (Å²) in [5.41, 5.74) is 2.69. The van der Waals surface area contributed by atoms with E-state index in [4.69, 9.17) is 4.74 Å². The Hall–Kier alpha value is -3.50. The van der Waals surface area contributed by atoms with Crippen molar-refractivity contribution in [2.45, 2.75) is 11.8 Å². The zero-order valence-electron chi connectivity index (χ0n) is 17.5. The Balaban J connectivity index is 1.40. The van der Waals surface area contributed by atoms with Crippen LogP contribution in [0.15, 0.2) is 65.7 Å². The van der Waals surface area contributed by atoms with Gasteiger partial charge in [0.05, 0.1) is 18.1 Å². The number of hydrogen-bond acceptors (Lipinski definition) is 7. The maximum atomic E-state index is 12.6. The summed E-state index contributed by atoms with van der Waals surface area (Å²) in [6.45, 7) is 4.79. The number of anilines is 3. The molecule has 2 N–H and O–H groups in total. The molecule has 0 saturated carbocycles. The van der Waals surface area contributed by atoms with Crippen molar-refractivity contribution in [2.75, 3.05) is 41.2 Å². The average Bonchev–Trinajstić information content (AvgIpc) is 2.80. The molecule has 2 heterocycles. The molecule has 1 aliphatic heterocycles. The van der Waals surface area contributed by atoms with E-state index in [0.29, 0.717) is 30.2 Å². The minimum Gasteiger partial charge on any atom is -0.378 e. The van der Waals surface area contributed by atoms with Crippen LogP contribution < -0.4 is 14.9 Å². The number of ether oxygens (including phenoxy) is 1. The van der Waals surface area contributed by atoms with Crippen molar-refractivity contribution in [3.05, 3.63) is 72.1 Å². The number of benzene rings is 2. The number of nitrogens with zero attached hydrogens (tertiary/aromatic N) is 3. The van der Waals surface area contributed by atoms with Crippen molar-refractivity contribution in [1.82, 2.24) is 9.97 Å². The van der Waals surface area contributed by atoms with Crippen LogP contribution in [0.4, 0.5) is 17.3 Å². The molecule has 0 atom stereocenters. The molecule has 1 fully saturated rings. The lowest BCUT2D eigenvalue weighted by molar-refractivity contribution is 0.102. The zero-order chi connectivity index (χ0) is 22.6. The minimum atomic E-state index is -3.84. The molecule has 0 aliphatic carbocycles. The van der Waals surface area contributed by atoms with Crippen LogP contribution in [-0.2, 0) is 14.8 Å². The number of aromatic nitrogens is 2. The van der Waals surface area contributed by atoms with Crippen LogP contribution in [-0.4, -0.2) is 50.6 Å². The van der Waals surface area contributed by atoms with Gasteiger partial charge in [-0.1, -0.05) is 0 Å². The van der Waals surface area contributed by atoms with Crippen LogP contribution in [0.3, 0.4) is 0 Å². The molecule has 4 rings (SSSR count). The van der Waals surface area contributed by atoms with E-state index in [9.17, 15) is 13.2 Å². The predicted molar refractivity (Wildman–Crippen MR) is 121 cm³/mol. The van der Waals surface area contributed by atoms with Crippen molar-refractivity contribution < 1.29 is 17.9 Å². The summed E-state index contributed by atoms with van der Waals surface area (Å²) in [7, 11) is -3.84. The number of nitrogens with one attached hydrogen (secondary N) is 2. The molecule has 0 unspecified atom stereocenters. The first-order chi connectivity index (χ1) is 15.4. The normalized spacial score (nSPS) is 14.1. The van der Waals surface area contributed by atoms with Gasteiger partial charge in [0.2, 0.25) is 5.95 Å². The van der Waals surface area contributed by atoms with Gasteiger partial charge in [0.15, 0.2) is 0 Å². The molecule has 166 valence electrons. The number of carbonyl (C=O) groups excluding carboxylic acids is 1. The van der Waals surface area contributed by atoms with E-state index in [1.165, 1.54) is 30.5 Å². The fourth-order valence-electron chi connectivity index (χ4n) is 3.24. The summed E-state index contributed by atoms with van der Waals surface area (Å²) in [4.78, 5) is 22.8. The van der Waals surface area contributed by atoms with E-state index in [1.807, 2.05) is 12.1 Å². The lowest BCUT2D eigenvalue weighted by Crippen LogP contribution is -2.36. The Morgan fingerprint density at radius 2 is 1.69 bits per heavy atom. The molecular weight excluding hydrogens is 430 g/mol. The predicted octanol–water partition coefficient (Wildman–Crippen LogP) is 2.67. The topological polar surface area (TPSA) is 114 Å². The molecule has 3 aromatic rings. The highest BCUT2D eigenvalue weighted by atomic mass is 32.2. The highest BCUT2D eigenvalue weighted by Crippen LogP contribution is 2.19. The van der Waals surface area contributed by atoms with Gasteiger partial charge in [-0.25, -0.2) is 23.1 Å². The Bertz CT molecular complexity index is 1190. The molecule has 0 spiro atoms. The number of carbonyl (C=O) groups is 1. The number of amides is 1. The third-order valence-electron chi connectivity index (χ3n) is 4.95. The number of aryl methyl sites for hydroxylation is 1. The summed E-state index contributed by atoms with van der Waals surface area (Å²) < 4.78 is 32.8. The lowest BCUT2D eigenvalue weighted by Gasteiger charge is -2.28. The molecule has 9 nitrogen and oxygen atoms in total. The van der Waals surface area contributed by atoms with Gasteiger partial charge in [-0.15, -0.1) is 0 Å². The lowest BCUT2D eigenvalue weighted by atomic mass is 10.1. The molecule has 1 saturated heterocycles. The van der Waals surface area contributed by atoms with Gasteiger partial charge >= 0.3 is 0 Å². The maximum Gasteiger partial charge on any atom is 0.264 e. The van der Waals surface area contributed by atoms with Crippen LogP contribution in [0, 0.1) is 6.92 Å². The van der Waals surface area contributed by atoms with E-state index in [0.717, 1.165) is 18.8 Å². The van der Waals surface area contributed by atoms with Gasteiger partial charge in [-0.3, -0.25) is 4.79 Å². The smallest absolute Gasteiger partial charge is 0.264 e. The van der Waals surface area contributed by atoms with Crippen LogP contribution >= 0.6 is 0 Å². The van der Waals surface area contributed by atoms with Gasteiger partial charge in [-0.05, 0) is 61.5 Å². The number of rotatable bonds is 6. The van der Waals surface area contributed by atoms with Crippen molar-refractivity contribution in [3.63, 3.8) is 0 Å². The second-order valence-corrected chi connectivity index (χ2v) is 8.93. The quantitative estimate of drug-likeness (QED) is 0.590. The van der Waals surface area contributed by atoms with E-state index >= 15 is 0 Å². The fourth-order valence-corrected chi connectivity index (χ4v) is 4.19. The molecule has 10 heteroatoms. The Morgan fingerprint density at radius 1 is 1.00 bits per heavy atom. The standard InChI is InChI=1S/C22H23N5O4S/c1-16-10-11-23-22(24-16)26-32(29,30)20-8-4-18(5-9-20)25-21(28)17-2-6-19(7-3-17)27-12-14-31-15-13-27/h2-11H,12-15H2,1H3,(H,25,28)(H,23,24,26). The fraction of sp³-hybridized carbons (Fsp3) is 0.227. The van der Waals surface area contributed by atoms with Crippen molar-refractivity contribution >= 4 is 33.3 Å². The number of morpholine rings is 1. The van der Waals surface area contributed by atoms with Crippen molar-refractivity contribution in [2.24, 2.45) is 0 Å². The van der Waals surface area contributed by atoms with Gasteiger partial charge < -0.3 is 15.0 Å². The van der Waals surface area contributed by atoms with Gasteiger partial charge in [0, 0.05) is 41.9 Å². The van der Waals surface area contributed by atoms with Gasteiger partial charge in [0.1, 0.15) is 0 Å². The highest BCUT2D eigenvalue weighted by molar-refractivity contribution is 7.92. The molecule has 2 aromatic carbocycles. The summed E-state index contributed by atoms with van der Waals surface area (Å²) in [6.07, 6.45) is 1.48. The largest absolute Gasteiger partial charge is 0.378 e. The van der Waals surface area contributed by atoms with Crippen molar-refractivity contribution in [3.8, 4) is 0 Å². The summed E-state index contributed by atoms with van der Waals surface area (Å²) >= 11 is 0. The first-order valence-corrected chi connectivity index (χ1v) is 11.6. The molecule has 0 radical (unpaired) electrons. The number of sulfonamides is 1. The van der Waals surface area contributed by atoms with Gasteiger partial charge in [-0.2, -0.15) is 0 Å². The van der Waals surface area contributed by atoms with Crippen LogP contribution in [0.1, 0.15) is 16.1 Å². The Morgan fingerprint density at radius 3 is 2.34 bits per heavy atom. The number of hydrogen-bond donors (Lipinski definition) is 2. The third kappa shape index (κ3) is 5.21. The van der Waals surface area contributed by atoms with Crippen LogP contribution in [0.25, 0.3) is 0 Å². The third-order valence-corrected chi connectivity index (χ3v) is 6.29. The second kappa shape index (κ2) is 9.33. The van der Waals surface area contributed by atoms with Gasteiger partial charge in [0.25, 0.3) is 15.9 Å². The molecule has 1 aromatic heterocycles. The van der Waals surface area contributed by atoms with Crippen LogP contribution in [0.2, 0.25) is 0 Å². The monoisotopic (exact) mass is 453 g/mol. The second-order valence-electron chi connectivity index (χ2n) is 7.25. The summed E-state index contributed by atoms with van der Waals surface area (Å²) in [5, 5.41) is 2.78. The molecule has 32 heavy (non-hydrogen) atoms. The van der Waals surface area contributed by atoms with Crippen LogP contribution in [0.5, 0.6) is 0 Å². The van der Waals surface area contributed by atoms with E-state index in [1.54, 1.807) is 25.1 Å². The SMILES string of the molecule is Cc1ccnc(NS(=O)(=O)c2ccc(NC(=O)c3ccc(N4CCOCC4)cc3)cc2)n1. The molecule has 1 aliphatic rings. The van der Waals surface area contributed by atoms with E-state index < -0.39 is 10.0 Å². The summed E-state index contributed by atoms with van der Waals surface area (Å²) in [5.74, 6) is -0.275. The Kier molecular flexibility index (Phi) is 6.33. The minimum absolute atomic E-state index is 0.00269. The summed E-state index contributed by atoms with van der Waals surface area (Å²) in [6, 6.07) is 14.9. The van der Waals surface area contributed by atoms with E-state index in [2.05, 4.69) is 24.9 Å². The van der Waals surface area contributed by atoms with E-state index in [-0.39, 0.29) is 16.8 Å². The molecular formula is C22H23N5O4S. The Labute approximate surface area is 186 Å². The average molecular weight is 454 g/mol. The van der Waals surface area contributed by atoms with Crippen molar-refractivity contribution in [1.29, 1.82) is 0 Å². The first kappa shape index (κ1) is 21.7. The molecule has 0 bridgehead atoms. The molecule has 1 amide bonds. The first-order valence-electron chi connectivity index (χ1n) is 10.1. The maximum absolute atomic E-state index is 12.6. The zero-order valence-corrected chi connectivity index (χ0v) is 18.3. The highest BCUT2D eigenvalue weighted by Gasteiger charge is 2.16.